The van der Waals surface area contributed by atoms with Crippen LogP contribution in [0.15, 0.2) is 31.0 Å². The molecule has 0 spiro atoms. The van der Waals surface area contributed by atoms with E-state index >= 15 is 0 Å². The Hall–Kier alpha value is -4.21. The summed E-state index contributed by atoms with van der Waals surface area (Å²) in [5, 5.41) is 15.6. The SMILES string of the molecule is C=CC(=O)N1CCN(c2nc(OCC3CCCN3C3CC3)nc3c2CCN(c2c(C)ccc4c2cnn4C2CCCCO2)C3)C[C@@H]1CC#N. The average molecular weight is 666 g/mol. The maximum absolute atomic E-state index is 12.7. The van der Waals surface area contributed by atoms with Crippen molar-refractivity contribution in [1.82, 2.24) is 29.5 Å². The van der Waals surface area contributed by atoms with Crippen LogP contribution in [0.25, 0.3) is 10.9 Å². The van der Waals surface area contributed by atoms with Crippen LogP contribution in [0.5, 0.6) is 6.01 Å². The van der Waals surface area contributed by atoms with E-state index in [0.717, 1.165) is 79.8 Å². The summed E-state index contributed by atoms with van der Waals surface area (Å²) in [4.78, 5) is 31.9. The smallest absolute Gasteiger partial charge is 0.318 e. The van der Waals surface area contributed by atoms with E-state index in [1.54, 1.807) is 4.90 Å². The van der Waals surface area contributed by atoms with Crippen LogP contribution in [-0.4, -0.2) is 99.5 Å². The second-order valence-corrected chi connectivity index (χ2v) is 14.3. The van der Waals surface area contributed by atoms with Gasteiger partial charge in [0.05, 0.1) is 48.2 Å². The molecule has 2 aromatic heterocycles. The highest BCUT2D eigenvalue weighted by Crippen LogP contribution is 2.38. The molecule has 1 aromatic carbocycles. The Kier molecular flexibility index (Phi) is 8.89. The quantitative estimate of drug-likeness (QED) is 0.302. The summed E-state index contributed by atoms with van der Waals surface area (Å²) in [7, 11) is 0. The van der Waals surface area contributed by atoms with Crippen molar-refractivity contribution >= 4 is 28.3 Å². The average Bonchev–Trinajstić information content (AvgIpc) is 3.71. The Balaban J connectivity index is 1.11. The number of rotatable bonds is 9. The molecule has 5 aliphatic rings. The minimum Gasteiger partial charge on any atom is -0.462 e. The molecule has 4 fully saturated rings. The molecule has 12 heteroatoms. The Morgan fingerprint density at radius 2 is 1.98 bits per heavy atom. The van der Waals surface area contributed by atoms with Crippen molar-refractivity contribution in [2.24, 2.45) is 0 Å². The molecule has 2 unspecified atom stereocenters. The molecule has 0 N–H and O–H groups in total. The van der Waals surface area contributed by atoms with Gasteiger partial charge in [-0.15, -0.1) is 0 Å². The Bertz CT molecular complexity index is 1760. The van der Waals surface area contributed by atoms with E-state index in [1.165, 1.54) is 36.6 Å². The first-order chi connectivity index (χ1) is 24.0. The van der Waals surface area contributed by atoms with Gasteiger partial charge in [-0.1, -0.05) is 12.6 Å². The Morgan fingerprint density at radius 3 is 2.78 bits per heavy atom. The number of anilines is 2. The lowest BCUT2D eigenvalue weighted by atomic mass is 10.0. The Morgan fingerprint density at radius 1 is 1.08 bits per heavy atom. The third kappa shape index (κ3) is 6.23. The van der Waals surface area contributed by atoms with Gasteiger partial charge in [-0.25, -0.2) is 4.68 Å². The molecule has 1 saturated carbocycles. The van der Waals surface area contributed by atoms with E-state index in [2.05, 4.69) is 51.1 Å². The normalized spacial score (nSPS) is 24.6. The third-order valence-electron chi connectivity index (χ3n) is 11.1. The molecular formula is C37H47N9O3. The first-order valence-corrected chi connectivity index (χ1v) is 18.2. The number of nitriles is 1. The predicted molar refractivity (Wildman–Crippen MR) is 186 cm³/mol. The summed E-state index contributed by atoms with van der Waals surface area (Å²) >= 11 is 0. The van der Waals surface area contributed by atoms with E-state index in [0.29, 0.717) is 50.9 Å². The molecule has 0 radical (unpaired) electrons. The summed E-state index contributed by atoms with van der Waals surface area (Å²) < 4.78 is 14.7. The van der Waals surface area contributed by atoms with Gasteiger partial charge in [-0.2, -0.15) is 20.3 Å². The third-order valence-corrected chi connectivity index (χ3v) is 11.1. The lowest BCUT2D eigenvalue weighted by molar-refractivity contribution is -0.128. The molecule has 3 saturated heterocycles. The van der Waals surface area contributed by atoms with Crippen LogP contribution in [0.1, 0.15) is 74.4 Å². The number of nitrogens with zero attached hydrogens (tertiary/aromatic N) is 9. The first-order valence-electron chi connectivity index (χ1n) is 18.2. The van der Waals surface area contributed by atoms with Gasteiger partial charge in [0, 0.05) is 55.8 Å². The maximum atomic E-state index is 12.7. The van der Waals surface area contributed by atoms with E-state index in [9.17, 15) is 10.1 Å². The van der Waals surface area contributed by atoms with Gasteiger partial charge in [0.2, 0.25) is 5.91 Å². The van der Waals surface area contributed by atoms with Gasteiger partial charge >= 0.3 is 6.01 Å². The molecule has 49 heavy (non-hydrogen) atoms. The fourth-order valence-corrected chi connectivity index (χ4v) is 8.52. The minimum atomic E-state index is -0.241. The number of likely N-dealkylation sites (tertiary alicyclic amines) is 1. The van der Waals surface area contributed by atoms with Crippen molar-refractivity contribution in [1.29, 1.82) is 5.26 Å². The highest BCUT2D eigenvalue weighted by molar-refractivity contribution is 5.94. The maximum Gasteiger partial charge on any atom is 0.318 e. The predicted octanol–water partition coefficient (Wildman–Crippen LogP) is 4.52. The van der Waals surface area contributed by atoms with Crippen LogP contribution in [0, 0.1) is 18.3 Å². The zero-order chi connectivity index (χ0) is 33.5. The molecule has 4 aliphatic heterocycles. The zero-order valence-electron chi connectivity index (χ0n) is 28.6. The summed E-state index contributed by atoms with van der Waals surface area (Å²) in [6.07, 6.45) is 12.5. The van der Waals surface area contributed by atoms with E-state index in [4.69, 9.17) is 24.5 Å². The number of ether oxygens (including phenoxy) is 2. The summed E-state index contributed by atoms with van der Waals surface area (Å²) in [5.41, 5.74) is 5.58. The van der Waals surface area contributed by atoms with Crippen LogP contribution in [-0.2, 0) is 22.5 Å². The number of piperazine rings is 1. The van der Waals surface area contributed by atoms with Crippen LogP contribution < -0.4 is 14.5 Å². The number of aryl methyl sites for hydroxylation is 1. The van der Waals surface area contributed by atoms with Crippen molar-refractivity contribution in [3.8, 4) is 12.1 Å². The highest BCUT2D eigenvalue weighted by Gasteiger charge is 2.38. The van der Waals surface area contributed by atoms with Crippen molar-refractivity contribution < 1.29 is 14.3 Å². The second kappa shape index (κ2) is 13.6. The highest BCUT2D eigenvalue weighted by atomic mass is 16.5. The number of fused-ring (bicyclic) bond motifs is 2. The van der Waals surface area contributed by atoms with Gasteiger partial charge in [-0.05, 0) is 82.5 Å². The minimum absolute atomic E-state index is 0.0262. The summed E-state index contributed by atoms with van der Waals surface area (Å²) in [5.74, 6) is 0.736. The largest absolute Gasteiger partial charge is 0.462 e. The zero-order valence-corrected chi connectivity index (χ0v) is 28.6. The molecule has 3 atom stereocenters. The number of carbonyl (C=O) groups excluding carboxylic acids is 1. The molecule has 3 aromatic rings. The Labute approximate surface area is 288 Å². The summed E-state index contributed by atoms with van der Waals surface area (Å²) in [6, 6.07) is 7.93. The number of carbonyl (C=O) groups is 1. The molecule has 12 nitrogen and oxygen atoms in total. The topological polar surface area (TPSA) is 116 Å². The van der Waals surface area contributed by atoms with E-state index in [1.807, 2.05) is 6.20 Å². The van der Waals surface area contributed by atoms with Crippen molar-refractivity contribution in [3.63, 3.8) is 0 Å². The number of hydrogen-bond acceptors (Lipinski definition) is 10. The van der Waals surface area contributed by atoms with E-state index < -0.39 is 0 Å². The number of benzene rings is 1. The lowest BCUT2D eigenvalue weighted by Gasteiger charge is -2.42. The van der Waals surface area contributed by atoms with Gasteiger partial charge in [0.25, 0.3) is 0 Å². The van der Waals surface area contributed by atoms with Gasteiger partial charge in [0.1, 0.15) is 12.4 Å². The van der Waals surface area contributed by atoms with Crippen LogP contribution in [0.2, 0.25) is 0 Å². The molecule has 0 bridgehead atoms. The summed E-state index contributed by atoms with van der Waals surface area (Å²) in [6.45, 7) is 11.4. The molecule has 1 amide bonds. The lowest BCUT2D eigenvalue weighted by Crippen LogP contribution is -2.55. The van der Waals surface area contributed by atoms with Crippen molar-refractivity contribution in [2.75, 3.05) is 55.7 Å². The van der Waals surface area contributed by atoms with Gasteiger partial charge in [0.15, 0.2) is 6.23 Å². The number of aromatic nitrogens is 4. The van der Waals surface area contributed by atoms with Crippen molar-refractivity contribution in [3.05, 3.63) is 47.8 Å². The fourth-order valence-electron chi connectivity index (χ4n) is 8.52. The van der Waals surface area contributed by atoms with Crippen molar-refractivity contribution in [2.45, 2.75) is 95.6 Å². The standard InChI is InChI=1S/C37H47N9O3/c1-3-33(47)45-19-18-43(22-27(45)13-15-38)36-29-14-17-42(23-31(29)40-37(41-36)49-24-28-7-6-16-44(28)26-10-11-26)35-25(2)9-12-32-30(35)21-39-46(32)34-8-4-5-20-48-34/h3,9,12,21,26-28,34H,1,4-8,10-11,13-14,16-20,22-24H2,2H3/t27-,28?,34?/m0/s1. The first kappa shape index (κ1) is 32.0. The van der Waals surface area contributed by atoms with Crippen LogP contribution in [0.4, 0.5) is 11.5 Å². The molecule has 1 aliphatic carbocycles. The fraction of sp³-hybridized carbons (Fsp3) is 0.595. The van der Waals surface area contributed by atoms with Crippen LogP contribution >= 0.6 is 0 Å². The molecule has 8 rings (SSSR count). The van der Waals surface area contributed by atoms with Gasteiger partial charge < -0.3 is 24.2 Å². The molecular weight excluding hydrogens is 618 g/mol. The van der Waals surface area contributed by atoms with Gasteiger partial charge in [-0.3, -0.25) is 9.69 Å². The molecule has 6 heterocycles. The monoisotopic (exact) mass is 665 g/mol. The molecule has 258 valence electrons. The second-order valence-electron chi connectivity index (χ2n) is 14.3. The van der Waals surface area contributed by atoms with Crippen LogP contribution in [0.3, 0.4) is 0 Å². The number of amides is 1. The van der Waals surface area contributed by atoms with E-state index in [-0.39, 0.29) is 24.6 Å². The number of hydrogen-bond donors (Lipinski definition) is 0.